The molecule has 0 saturated heterocycles. The fourth-order valence-electron chi connectivity index (χ4n) is 1.11. The van der Waals surface area contributed by atoms with Crippen molar-refractivity contribution in [2.75, 3.05) is 30.8 Å². The van der Waals surface area contributed by atoms with Crippen molar-refractivity contribution < 1.29 is 13.5 Å². The van der Waals surface area contributed by atoms with Gasteiger partial charge in [-0.15, -0.1) is 0 Å². The predicted octanol–water partition coefficient (Wildman–Crippen LogP) is 2.72. The second-order valence-corrected chi connectivity index (χ2v) is 4.04. The summed E-state index contributed by atoms with van der Waals surface area (Å²) in [6.07, 6.45) is -2.42. The molecule has 0 unspecified atom stereocenters. The van der Waals surface area contributed by atoms with Gasteiger partial charge in [0.15, 0.2) is 0 Å². The Morgan fingerprint density at radius 3 is 2.88 bits per heavy atom. The molecular weight excluding hydrogens is 282 g/mol. The number of nitrogen functional groups attached to an aromatic ring is 1. The third-order valence-electron chi connectivity index (χ3n) is 1.82. The zero-order valence-corrected chi connectivity index (χ0v) is 10.1. The quantitative estimate of drug-likeness (QED) is 0.626. The summed E-state index contributed by atoms with van der Waals surface area (Å²) in [7, 11) is 0. The molecule has 1 rings (SSSR count). The first-order valence-corrected chi connectivity index (χ1v) is 5.53. The van der Waals surface area contributed by atoms with Crippen molar-refractivity contribution >= 4 is 27.3 Å². The first kappa shape index (κ1) is 13.2. The van der Waals surface area contributed by atoms with Crippen molar-refractivity contribution in [3.63, 3.8) is 0 Å². The Hall–Kier alpha value is -0.880. The molecule has 16 heavy (non-hydrogen) atoms. The summed E-state index contributed by atoms with van der Waals surface area (Å²) < 4.78 is 29.1. The van der Waals surface area contributed by atoms with Gasteiger partial charge in [0, 0.05) is 11.0 Å². The van der Waals surface area contributed by atoms with Crippen LogP contribution in [-0.4, -0.2) is 26.2 Å². The maximum absolute atomic E-state index is 11.7. The molecule has 0 aromatic heterocycles. The second kappa shape index (κ2) is 6.65. The van der Waals surface area contributed by atoms with Crippen molar-refractivity contribution in [1.82, 2.24) is 0 Å². The lowest BCUT2D eigenvalue weighted by molar-refractivity contribution is 0.0215. The monoisotopic (exact) mass is 294 g/mol. The van der Waals surface area contributed by atoms with E-state index in [0.29, 0.717) is 12.2 Å². The normalized spacial score (nSPS) is 10.8. The Balaban J connectivity index is 2.29. The van der Waals surface area contributed by atoms with E-state index in [0.717, 1.165) is 10.2 Å². The molecule has 3 nitrogen and oxygen atoms in total. The highest BCUT2D eigenvalue weighted by molar-refractivity contribution is 9.10. The van der Waals surface area contributed by atoms with Crippen LogP contribution in [-0.2, 0) is 4.74 Å². The molecule has 0 amide bonds. The van der Waals surface area contributed by atoms with E-state index in [1.807, 2.05) is 12.1 Å². The number of hydrogen-bond acceptors (Lipinski definition) is 3. The number of alkyl halides is 2. The summed E-state index contributed by atoms with van der Waals surface area (Å²) in [5.41, 5.74) is 7.08. The van der Waals surface area contributed by atoms with Gasteiger partial charge in [0.05, 0.1) is 18.0 Å². The van der Waals surface area contributed by atoms with Crippen LogP contribution in [0.25, 0.3) is 0 Å². The van der Waals surface area contributed by atoms with Crippen molar-refractivity contribution in [3.05, 3.63) is 22.7 Å². The highest BCUT2D eigenvalue weighted by Crippen LogP contribution is 2.22. The van der Waals surface area contributed by atoms with Gasteiger partial charge < -0.3 is 15.8 Å². The maximum Gasteiger partial charge on any atom is 0.261 e. The van der Waals surface area contributed by atoms with E-state index in [-0.39, 0.29) is 6.61 Å². The summed E-state index contributed by atoms with van der Waals surface area (Å²) in [5, 5.41) is 3.00. The first-order chi connectivity index (χ1) is 7.59. The lowest BCUT2D eigenvalue weighted by Crippen LogP contribution is -2.13. The van der Waals surface area contributed by atoms with Crippen molar-refractivity contribution in [1.29, 1.82) is 0 Å². The molecular formula is C10H13BrF2N2O. The first-order valence-electron chi connectivity index (χ1n) is 4.74. The number of rotatable bonds is 6. The van der Waals surface area contributed by atoms with Crippen LogP contribution in [0.15, 0.2) is 22.7 Å². The Kier molecular flexibility index (Phi) is 5.48. The molecule has 90 valence electrons. The highest BCUT2D eigenvalue weighted by atomic mass is 79.9. The Labute approximate surface area is 101 Å². The molecule has 0 atom stereocenters. The van der Waals surface area contributed by atoms with Gasteiger partial charge in [0.1, 0.15) is 6.61 Å². The molecule has 0 heterocycles. The molecule has 1 aromatic carbocycles. The van der Waals surface area contributed by atoms with Gasteiger partial charge in [-0.1, -0.05) is 15.9 Å². The minimum atomic E-state index is -2.42. The molecule has 0 aliphatic rings. The van der Waals surface area contributed by atoms with Crippen LogP contribution in [0.1, 0.15) is 0 Å². The number of halogens is 3. The Morgan fingerprint density at radius 1 is 1.44 bits per heavy atom. The van der Waals surface area contributed by atoms with E-state index in [1.54, 1.807) is 6.07 Å². The van der Waals surface area contributed by atoms with Gasteiger partial charge in [-0.05, 0) is 18.2 Å². The number of ether oxygens (including phenoxy) is 1. The molecule has 1 aromatic rings. The van der Waals surface area contributed by atoms with Crippen LogP contribution < -0.4 is 11.1 Å². The summed E-state index contributed by atoms with van der Waals surface area (Å²) in [4.78, 5) is 0. The molecule has 0 saturated carbocycles. The van der Waals surface area contributed by atoms with Crippen molar-refractivity contribution in [3.8, 4) is 0 Å². The van der Waals surface area contributed by atoms with Crippen LogP contribution in [0, 0.1) is 0 Å². The average Bonchev–Trinajstić information content (AvgIpc) is 2.22. The molecule has 0 bridgehead atoms. The second-order valence-electron chi connectivity index (χ2n) is 3.12. The topological polar surface area (TPSA) is 47.3 Å². The van der Waals surface area contributed by atoms with Crippen LogP contribution in [0.5, 0.6) is 0 Å². The predicted molar refractivity (Wildman–Crippen MR) is 63.9 cm³/mol. The van der Waals surface area contributed by atoms with Gasteiger partial charge in [-0.3, -0.25) is 0 Å². The molecule has 0 aliphatic carbocycles. The van der Waals surface area contributed by atoms with Gasteiger partial charge in [-0.2, -0.15) is 0 Å². The van der Waals surface area contributed by atoms with Crippen LogP contribution in [0.2, 0.25) is 0 Å². The SMILES string of the molecule is Nc1ccc(Br)cc1NCCOCC(F)F. The molecule has 0 radical (unpaired) electrons. The molecule has 6 heteroatoms. The third-order valence-corrected chi connectivity index (χ3v) is 2.31. The van der Waals surface area contributed by atoms with Gasteiger partial charge in [0.25, 0.3) is 6.43 Å². The Morgan fingerprint density at radius 2 is 2.19 bits per heavy atom. The standard InChI is InChI=1S/C10H13BrF2N2O/c11-7-1-2-8(14)9(5-7)15-3-4-16-6-10(12)13/h1-2,5,10,15H,3-4,6,14H2. The van der Waals surface area contributed by atoms with E-state index in [2.05, 4.69) is 21.2 Å². The number of nitrogens with one attached hydrogen (secondary N) is 1. The van der Waals surface area contributed by atoms with E-state index < -0.39 is 13.0 Å². The highest BCUT2D eigenvalue weighted by Gasteiger charge is 2.02. The average molecular weight is 295 g/mol. The lowest BCUT2D eigenvalue weighted by atomic mass is 10.3. The maximum atomic E-state index is 11.7. The molecule has 0 spiro atoms. The number of benzene rings is 1. The van der Waals surface area contributed by atoms with Crippen molar-refractivity contribution in [2.24, 2.45) is 0 Å². The smallest absolute Gasteiger partial charge is 0.261 e. The van der Waals surface area contributed by atoms with Gasteiger partial charge in [-0.25, -0.2) is 8.78 Å². The third kappa shape index (κ3) is 4.76. The summed E-state index contributed by atoms with van der Waals surface area (Å²) in [6.45, 7) is 0.124. The summed E-state index contributed by atoms with van der Waals surface area (Å²) >= 11 is 3.31. The number of anilines is 2. The molecule has 0 aliphatic heterocycles. The van der Waals surface area contributed by atoms with Crippen LogP contribution in [0.4, 0.5) is 20.2 Å². The van der Waals surface area contributed by atoms with E-state index in [4.69, 9.17) is 10.5 Å². The summed E-state index contributed by atoms with van der Waals surface area (Å²) in [6, 6.07) is 5.41. The van der Waals surface area contributed by atoms with E-state index in [1.165, 1.54) is 0 Å². The van der Waals surface area contributed by atoms with Gasteiger partial charge >= 0.3 is 0 Å². The number of hydrogen-bond donors (Lipinski definition) is 2. The minimum Gasteiger partial charge on any atom is -0.397 e. The minimum absolute atomic E-state index is 0.219. The number of nitrogens with two attached hydrogens (primary N) is 1. The zero-order chi connectivity index (χ0) is 12.0. The van der Waals surface area contributed by atoms with Crippen molar-refractivity contribution in [2.45, 2.75) is 6.43 Å². The lowest BCUT2D eigenvalue weighted by Gasteiger charge is -2.09. The molecule has 0 fully saturated rings. The van der Waals surface area contributed by atoms with E-state index >= 15 is 0 Å². The van der Waals surface area contributed by atoms with Crippen LogP contribution >= 0.6 is 15.9 Å². The summed E-state index contributed by atoms with van der Waals surface area (Å²) in [5.74, 6) is 0. The largest absolute Gasteiger partial charge is 0.397 e. The van der Waals surface area contributed by atoms with E-state index in [9.17, 15) is 8.78 Å². The van der Waals surface area contributed by atoms with Gasteiger partial charge in [0.2, 0.25) is 0 Å². The van der Waals surface area contributed by atoms with Crippen LogP contribution in [0.3, 0.4) is 0 Å². The fraction of sp³-hybridized carbons (Fsp3) is 0.400. The fourth-order valence-corrected chi connectivity index (χ4v) is 1.47. The zero-order valence-electron chi connectivity index (χ0n) is 8.55. The Bertz CT molecular complexity index is 337. The molecule has 3 N–H and O–H groups in total.